The summed E-state index contributed by atoms with van der Waals surface area (Å²) in [6, 6.07) is 17.9. The molecule has 28 heavy (non-hydrogen) atoms. The Morgan fingerprint density at radius 1 is 1.04 bits per heavy atom. The molecule has 5 heteroatoms. The van der Waals surface area contributed by atoms with Crippen LogP contribution in [-0.4, -0.2) is 20.2 Å². The first-order valence-corrected chi connectivity index (χ1v) is 9.73. The summed E-state index contributed by atoms with van der Waals surface area (Å²) in [5.41, 5.74) is 4.85. The Hall–Kier alpha value is -2.98. The van der Waals surface area contributed by atoms with Crippen LogP contribution in [0, 0.1) is 0 Å². The van der Waals surface area contributed by atoms with E-state index in [0.717, 1.165) is 27.4 Å². The van der Waals surface area contributed by atoms with E-state index in [2.05, 4.69) is 34.2 Å². The zero-order chi connectivity index (χ0) is 19.5. The minimum atomic E-state index is 0.0964. The second-order valence-corrected chi connectivity index (χ2v) is 7.11. The van der Waals surface area contributed by atoms with E-state index in [1.54, 1.807) is 10.6 Å². The number of ketones is 1. The molecule has 0 N–H and O–H groups in total. The molecule has 0 fully saturated rings. The van der Waals surface area contributed by atoms with Crippen molar-refractivity contribution in [3.63, 3.8) is 0 Å². The van der Waals surface area contributed by atoms with Crippen LogP contribution in [0.3, 0.4) is 0 Å². The lowest BCUT2D eigenvalue weighted by Crippen LogP contribution is -2.08. The number of rotatable bonds is 6. The van der Waals surface area contributed by atoms with Crippen LogP contribution in [0.4, 0.5) is 0 Å². The minimum Gasteiger partial charge on any atom is -0.292 e. The van der Waals surface area contributed by atoms with Gasteiger partial charge in [0.2, 0.25) is 5.78 Å². The van der Waals surface area contributed by atoms with E-state index in [-0.39, 0.29) is 5.78 Å². The maximum Gasteiger partial charge on any atom is 0.234 e. The summed E-state index contributed by atoms with van der Waals surface area (Å²) in [6.45, 7) is 2.01. The number of imidazole rings is 1. The van der Waals surface area contributed by atoms with Crippen LogP contribution in [0.2, 0.25) is 5.02 Å². The van der Waals surface area contributed by atoms with Gasteiger partial charge in [-0.15, -0.1) is 0 Å². The number of hydrogen-bond acceptors (Lipinski definition) is 3. The molecule has 0 amide bonds. The summed E-state index contributed by atoms with van der Waals surface area (Å²) in [6.07, 6.45) is 5.38. The van der Waals surface area contributed by atoms with E-state index in [4.69, 9.17) is 11.6 Å². The molecule has 4 nitrogen and oxygen atoms in total. The molecule has 0 unspecified atom stereocenters. The van der Waals surface area contributed by atoms with Crippen molar-refractivity contribution in [2.24, 2.45) is 0 Å². The summed E-state index contributed by atoms with van der Waals surface area (Å²) in [5.74, 6) is 0.675. The molecule has 0 saturated heterocycles. The fourth-order valence-corrected chi connectivity index (χ4v) is 3.48. The highest BCUT2D eigenvalue weighted by molar-refractivity contribution is 6.30. The average molecular weight is 390 g/mol. The zero-order valence-electron chi connectivity index (χ0n) is 15.6. The first-order valence-electron chi connectivity index (χ1n) is 9.35. The molecule has 140 valence electrons. The number of benzene rings is 2. The fourth-order valence-electron chi connectivity index (χ4n) is 3.36. The summed E-state index contributed by atoms with van der Waals surface area (Å²) in [7, 11) is 0. The summed E-state index contributed by atoms with van der Waals surface area (Å²) in [5, 5.41) is 0.730. The van der Waals surface area contributed by atoms with Crippen LogP contribution in [0.5, 0.6) is 0 Å². The third kappa shape index (κ3) is 3.69. The summed E-state index contributed by atoms with van der Waals surface area (Å²) < 4.78 is 1.80. The second-order valence-electron chi connectivity index (χ2n) is 6.68. The number of Topliss-reactive ketones (excluding diaryl/α,β-unsaturated/α-hetero) is 1. The van der Waals surface area contributed by atoms with E-state index in [0.29, 0.717) is 30.7 Å². The first-order chi connectivity index (χ1) is 13.7. The van der Waals surface area contributed by atoms with Gasteiger partial charge in [0, 0.05) is 23.8 Å². The highest BCUT2D eigenvalue weighted by Gasteiger charge is 2.18. The molecule has 4 aromatic rings. The van der Waals surface area contributed by atoms with E-state index in [1.165, 1.54) is 0 Å². The highest BCUT2D eigenvalue weighted by atomic mass is 35.5. The Labute approximate surface area is 168 Å². The Bertz CT molecular complexity index is 1120. The maximum absolute atomic E-state index is 12.9. The van der Waals surface area contributed by atoms with Gasteiger partial charge in [0.1, 0.15) is 5.69 Å². The molecule has 0 saturated carbocycles. The molecular weight excluding hydrogens is 370 g/mol. The van der Waals surface area contributed by atoms with Crippen LogP contribution in [0.15, 0.2) is 67.0 Å². The van der Waals surface area contributed by atoms with Gasteiger partial charge in [0.15, 0.2) is 5.78 Å². The normalized spacial score (nSPS) is 11.1. The molecule has 0 spiro atoms. The number of carbonyl (C=O) groups is 1. The molecule has 0 bridgehead atoms. The molecule has 4 rings (SSSR count). The molecule has 2 aromatic heterocycles. The lowest BCUT2D eigenvalue weighted by atomic mass is 10.0. The first kappa shape index (κ1) is 18.4. The Morgan fingerprint density at radius 3 is 2.39 bits per heavy atom. The molecule has 0 atom stereocenters. The predicted octanol–water partition coefficient (Wildman–Crippen LogP) is 5.43. The van der Waals surface area contributed by atoms with Crippen molar-refractivity contribution < 1.29 is 4.79 Å². The predicted molar refractivity (Wildman–Crippen MR) is 112 cm³/mol. The second kappa shape index (κ2) is 7.95. The van der Waals surface area contributed by atoms with Crippen molar-refractivity contribution in [3.05, 3.63) is 89.0 Å². The SMILES string of the molecule is CCc1nc2ncccn2c1C(=O)CCc1ccc(-c2ccc(Cl)cc2)cc1. The monoisotopic (exact) mass is 389 g/mol. The molecule has 2 heterocycles. The topological polar surface area (TPSA) is 47.3 Å². The maximum atomic E-state index is 12.9. The molecule has 0 radical (unpaired) electrons. The van der Waals surface area contributed by atoms with Crippen molar-refractivity contribution in [3.8, 4) is 11.1 Å². The highest BCUT2D eigenvalue weighted by Crippen LogP contribution is 2.22. The van der Waals surface area contributed by atoms with Crippen LogP contribution in [-0.2, 0) is 12.8 Å². The Kier molecular flexibility index (Phi) is 5.22. The van der Waals surface area contributed by atoms with Crippen molar-refractivity contribution >= 4 is 23.2 Å². The number of nitrogens with zero attached hydrogens (tertiary/aromatic N) is 3. The molecule has 0 aliphatic rings. The van der Waals surface area contributed by atoms with Gasteiger partial charge in [-0.25, -0.2) is 9.97 Å². The van der Waals surface area contributed by atoms with Gasteiger partial charge in [0.05, 0.1) is 5.69 Å². The van der Waals surface area contributed by atoms with Gasteiger partial charge in [-0.1, -0.05) is 54.9 Å². The standard InChI is InChI=1S/C23H20ClN3O/c1-2-20-22(27-15-3-14-25-23(27)26-20)21(28)13-6-16-4-7-17(8-5-16)18-9-11-19(24)12-10-18/h3-5,7-12,14-15H,2,6,13H2,1H3. The lowest BCUT2D eigenvalue weighted by Gasteiger charge is -2.06. The van der Waals surface area contributed by atoms with Gasteiger partial charge >= 0.3 is 0 Å². The van der Waals surface area contributed by atoms with Crippen LogP contribution < -0.4 is 0 Å². The van der Waals surface area contributed by atoms with Gasteiger partial charge in [-0.3, -0.25) is 9.20 Å². The minimum absolute atomic E-state index is 0.0964. The van der Waals surface area contributed by atoms with Gasteiger partial charge in [-0.05, 0) is 47.7 Å². The van der Waals surface area contributed by atoms with Crippen LogP contribution >= 0.6 is 11.6 Å². The number of halogens is 1. The van der Waals surface area contributed by atoms with Crippen molar-refractivity contribution in [1.29, 1.82) is 0 Å². The van der Waals surface area contributed by atoms with Crippen molar-refractivity contribution in [2.45, 2.75) is 26.2 Å². The van der Waals surface area contributed by atoms with E-state index in [9.17, 15) is 4.79 Å². The van der Waals surface area contributed by atoms with E-state index < -0.39 is 0 Å². The van der Waals surface area contributed by atoms with E-state index in [1.807, 2.05) is 43.5 Å². The number of hydrogen-bond donors (Lipinski definition) is 0. The summed E-state index contributed by atoms with van der Waals surface area (Å²) >= 11 is 5.95. The molecule has 0 aliphatic carbocycles. The van der Waals surface area contributed by atoms with Crippen LogP contribution in [0.25, 0.3) is 16.9 Å². The van der Waals surface area contributed by atoms with Gasteiger partial charge in [0.25, 0.3) is 0 Å². The number of carbonyl (C=O) groups excluding carboxylic acids is 1. The number of aryl methyl sites for hydroxylation is 2. The van der Waals surface area contributed by atoms with Crippen LogP contribution in [0.1, 0.15) is 35.1 Å². The molecule has 0 aliphatic heterocycles. The van der Waals surface area contributed by atoms with Gasteiger partial charge in [-0.2, -0.15) is 0 Å². The Balaban J connectivity index is 1.49. The summed E-state index contributed by atoms with van der Waals surface area (Å²) in [4.78, 5) is 21.6. The van der Waals surface area contributed by atoms with Crippen molar-refractivity contribution in [1.82, 2.24) is 14.4 Å². The third-order valence-electron chi connectivity index (χ3n) is 4.85. The Morgan fingerprint density at radius 2 is 1.71 bits per heavy atom. The number of aromatic nitrogens is 3. The third-order valence-corrected chi connectivity index (χ3v) is 5.10. The quantitative estimate of drug-likeness (QED) is 0.413. The zero-order valence-corrected chi connectivity index (χ0v) is 16.4. The fraction of sp³-hybridized carbons (Fsp3) is 0.174. The molecular formula is C23H20ClN3O. The molecule has 2 aromatic carbocycles. The van der Waals surface area contributed by atoms with Gasteiger partial charge < -0.3 is 0 Å². The average Bonchev–Trinajstić information content (AvgIpc) is 3.12. The lowest BCUT2D eigenvalue weighted by molar-refractivity contribution is 0.0976. The smallest absolute Gasteiger partial charge is 0.234 e. The van der Waals surface area contributed by atoms with E-state index >= 15 is 0 Å². The van der Waals surface area contributed by atoms with Crippen molar-refractivity contribution in [2.75, 3.05) is 0 Å². The number of fused-ring (bicyclic) bond motifs is 1. The largest absolute Gasteiger partial charge is 0.292 e.